The zero-order valence-electron chi connectivity index (χ0n) is 85.9. The molecule has 0 spiro atoms. The van der Waals surface area contributed by atoms with Crippen LogP contribution in [0.2, 0.25) is 118 Å². The Morgan fingerprint density at radius 2 is 0.752 bits per heavy atom. The normalized spacial score (nSPS) is 25.8. The molecule has 12 aromatic rings. The summed E-state index contributed by atoms with van der Waals surface area (Å²) < 4.78 is 74.9. The number of aryl methyl sites for hydroxylation is 4. The Balaban J connectivity index is 0.000000161. The predicted octanol–water partition coefficient (Wildman–Crippen LogP) is 19.9. The van der Waals surface area contributed by atoms with Gasteiger partial charge in [-0.25, -0.2) is 24.7 Å². The molecule has 8 aromatic carbocycles. The van der Waals surface area contributed by atoms with Crippen molar-refractivity contribution in [3.05, 3.63) is 256 Å². The molecular weight excluding hydrogens is 2030 g/mol. The fraction of sp³-hybridized carbons (Fsp3) is 0.495. The molecule has 25 nitrogen and oxygen atoms in total. The smallest absolute Gasteiger partial charge is 0.337 e. The number of carbonyl (C=O) groups excluding carboxylic acids is 1. The lowest BCUT2D eigenvalue weighted by atomic mass is 9.86. The fourth-order valence-corrected chi connectivity index (χ4v) is 28.3. The maximum atomic E-state index is 12.7. The van der Waals surface area contributed by atoms with Gasteiger partial charge in [0.2, 0.25) is 11.6 Å². The van der Waals surface area contributed by atoms with Crippen molar-refractivity contribution in [1.82, 2.24) is 19.9 Å². The lowest BCUT2D eigenvalue weighted by Crippen LogP contribution is -2.68. The second-order valence-electron chi connectivity index (χ2n) is 42.7. The number of fused-ring (bicyclic) bond motifs is 4. The van der Waals surface area contributed by atoms with Crippen molar-refractivity contribution >= 4 is 158 Å². The Morgan fingerprint density at radius 1 is 0.390 bits per heavy atom. The van der Waals surface area contributed by atoms with E-state index in [4.69, 9.17) is 60.2 Å². The Hall–Kier alpha value is -6.19. The van der Waals surface area contributed by atoms with Gasteiger partial charge in [-0.05, 0) is 281 Å². The number of hydrogen-bond donors (Lipinski definition) is 9. The topological polar surface area (TPSA) is 352 Å². The number of benzene rings is 8. The van der Waals surface area contributed by atoms with Crippen LogP contribution in [0.5, 0.6) is 0 Å². The van der Waals surface area contributed by atoms with Crippen molar-refractivity contribution in [2.24, 2.45) is 0 Å². The summed E-state index contributed by atoms with van der Waals surface area (Å²) in [6, 6.07) is 56.3. The van der Waals surface area contributed by atoms with Crippen LogP contribution in [0.1, 0.15) is 114 Å². The maximum Gasteiger partial charge on any atom is 0.337 e. The van der Waals surface area contributed by atoms with Crippen LogP contribution in [0.3, 0.4) is 0 Å². The number of methoxy groups -OCH3 is 1. The number of rotatable bonds is 28. The zero-order valence-corrected chi connectivity index (χ0v) is 96.7. The monoisotopic (exact) mass is 2170 g/mol. The Bertz CT molecular complexity index is 6040. The second kappa shape index (κ2) is 47.5. The molecule has 0 saturated carbocycles. The van der Waals surface area contributed by atoms with Crippen molar-refractivity contribution in [2.75, 3.05) is 20.3 Å². The maximum absolute atomic E-state index is 12.7. The van der Waals surface area contributed by atoms with E-state index in [1.165, 1.54) is 32.6 Å². The van der Waals surface area contributed by atoms with E-state index < -0.39 is 148 Å². The summed E-state index contributed by atoms with van der Waals surface area (Å²) in [7, 11) is -10.5. The number of nitrogens with zero attached hydrogens (tertiary/aromatic N) is 4. The van der Waals surface area contributed by atoms with Crippen LogP contribution in [0.25, 0.3) is 40.9 Å². The molecule has 766 valence electrons. The Morgan fingerprint density at radius 3 is 1.16 bits per heavy atom. The summed E-state index contributed by atoms with van der Waals surface area (Å²) in [5.41, 5.74) is 15.0. The van der Waals surface area contributed by atoms with Gasteiger partial charge in [-0.3, -0.25) is 0 Å². The van der Waals surface area contributed by atoms with Gasteiger partial charge in [0.05, 0.1) is 86.3 Å². The summed E-state index contributed by atoms with van der Waals surface area (Å²) in [4.78, 5) is 31.5. The average molecular weight is 2180 g/mol. The van der Waals surface area contributed by atoms with E-state index in [-0.39, 0.29) is 36.5 Å². The van der Waals surface area contributed by atoms with E-state index in [9.17, 15) is 50.8 Å². The highest BCUT2D eigenvalue weighted by Gasteiger charge is 2.60. The first-order valence-electron chi connectivity index (χ1n) is 48.4. The summed E-state index contributed by atoms with van der Waals surface area (Å²) in [6.07, 6.45) is -10.6. The standard InChI is InChI=1S/C31H49NO5SSi3.C22H25NO6S.C21H23NO5S.C16H36O5Si3.C15H12BrNS/c1-12-25-28(35-39(3,4)5)29(36-40(6,7)8)30(37-41(9,10)11)31(33,34-25)23-18-17-21(2)22(19-23)20-27-32-24-15-13-14-16-26(24)38-27;1-12-7-8-14(22(28-2)21(27)20(26)19(25)16(11-24)29-22)9-13(12)10-18-23-15-5-3-4-6-17(15)30-18;1-11-6-7-12(21-20(26)19(25)18(24)15(10-23)27-21)8-13(11)9-17-22-14-4-2-3-5-16(14)28-17;1-11-12-13(19-22(2,3)4)14(20-23(5,6)7)15(16(17)18-12)21-24(8,9)10;1-10-6-7-12(16)8-11(10)9-15-17-13-4-2-3-5-14(13)18-15/h13-19,25,28-30,33H,12,20H2,1-11H3;3-9,16,19-21,24-27H,10-11H2,1-2H3;2-8,15,18-21,23-26H,9-10H2,1H3;12-15H,11H2,1-10H3;2-8H,9H2,1H3/t25-,28-,29+,30-,31?;16-,19-,20+,21-,22?;15-,18-,19+,20-,21?;12-,13-,14+,15-;/m1111./s1. The molecule has 0 radical (unpaired) electrons. The van der Waals surface area contributed by atoms with Gasteiger partial charge in [0.25, 0.3) is 0 Å². The molecule has 4 aliphatic heterocycles. The van der Waals surface area contributed by atoms with Gasteiger partial charge in [-0.15, -0.1) is 45.3 Å². The highest BCUT2D eigenvalue weighted by Crippen LogP contribution is 2.47. The third kappa shape index (κ3) is 29.5. The van der Waals surface area contributed by atoms with Gasteiger partial charge < -0.3 is 96.2 Å². The highest BCUT2D eigenvalue weighted by molar-refractivity contribution is 9.10. The van der Waals surface area contributed by atoms with Gasteiger partial charge in [-0.2, -0.15) is 0 Å². The Labute approximate surface area is 861 Å². The van der Waals surface area contributed by atoms with Crippen molar-refractivity contribution in [1.29, 1.82) is 0 Å². The molecule has 19 atom stereocenters. The minimum atomic E-state index is -2.17. The van der Waals surface area contributed by atoms with E-state index in [0.29, 0.717) is 48.8 Å². The molecule has 141 heavy (non-hydrogen) atoms. The first-order chi connectivity index (χ1) is 66.1. The predicted molar refractivity (Wildman–Crippen MR) is 582 cm³/mol. The zero-order chi connectivity index (χ0) is 103. The Kier molecular flexibility index (Phi) is 38.3. The third-order valence-corrected chi connectivity index (χ3v) is 34.8. The number of thiazole rings is 4. The molecule has 36 heteroatoms. The quantitative estimate of drug-likeness (QED) is 0.0162. The van der Waals surface area contributed by atoms with Crippen LogP contribution in [-0.2, 0) is 92.3 Å². The molecular formula is C105H145BrN4O21S4Si6. The van der Waals surface area contributed by atoms with Crippen LogP contribution in [0, 0.1) is 27.7 Å². The van der Waals surface area contributed by atoms with Gasteiger partial charge >= 0.3 is 5.97 Å². The van der Waals surface area contributed by atoms with Crippen molar-refractivity contribution < 1.29 is 101 Å². The molecule has 4 saturated heterocycles. The molecule has 4 fully saturated rings. The van der Waals surface area contributed by atoms with E-state index in [0.717, 1.165) is 90.8 Å². The summed E-state index contributed by atoms with van der Waals surface area (Å²) in [6.45, 7) is 50.0. The van der Waals surface area contributed by atoms with Crippen LogP contribution in [0.4, 0.5) is 0 Å². The lowest BCUT2D eigenvalue weighted by Gasteiger charge is -2.54. The molecule has 4 aromatic heterocycles. The van der Waals surface area contributed by atoms with Crippen LogP contribution in [0.15, 0.2) is 174 Å². The van der Waals surface area contributed by atoms with Crippen LogP contribution in [-0.4, -0.2) is 240 Å². The molecule has 8 heterocycles. The lowest BCUT2D eigenvalue weighted by molar-refractivity contribution is -0.366. The minimum absolute atomic E-state index is 0.257. The molecule has 0 amide bonds. The number of aromatic nitrogens is 4. The molecule has 0 bridgehead atoms. The van der Waals surface area contributed by atoms with Crippen molar-refractivity contribution in [3.8, 4) is 0 Å². The van der Waals surface area contributed by atoms with Crippen molar-refractivity contribution in [3.63, 3.8) is 0 Å². The highest BCUT2D eigenvalue weighted by atomic mass is 79.9. The number of para-hydroxylation sites is 4. The van der Waals surface area contributed by atoms with Gasteiger partial charge in [0, 0.05) is 48.4 Å². The summed E-state index contributed by atoms with van der Waals surface area (Å²) in [5, 5.41) is 97.4. The number of aliphatic hydroxyl groups excluding tert-OH is 8. The first-order valence-corrected chi connectivity index (χ1v) is 72.9. The SMILES string of the molecule is CC[C@H]1OC(=O)[C@H](O[Si](C)(C)C)[C@@H](O[Si](C)(C)C)[C@@H]1O[Si](C)(C)C.CC[C@H]1OC(O)(c2ccc(C)c(Cc3nc4ccccc4s3)c2)[C@H](O[Si](C)(C)C)[C@@H](O[Si](C)(C)C)[C@@H]1O[Si](C)(C)C.COC1(c2ccc(C)c(Cc3nc4ccccc4s3)c2)O[C@H](CO)[C@@H](O)[C@H](O)[C@H]1O.Cc1ccc(Br)cc1Cc1nc2ccccc2s1.Cc1ccc(C2O[C@H](CO)[C@@H](O)[C@H](O)[C@H]2O)cc1Cc1nc2ccccc2s1. The number of carbonyl (C=O) groups is 1. The number of hydrogen-bond acceptors (Lipinski definition) is 29. The number of esters is 1. The first kappa shape index (κ1) is 114. The number of ether oxygens (including phenoxy) is 5. The largest absolute Gasteiger partial charge is 0.458 e. The van der Waals surface area contributed by atoms with Gasteiger partial charge in [0.15, 0.2) is 56.0 Å². The van der Waals surface area contributed by atoms with Crippen LogP contribution < -0.4 is 0 Å². The summed E-state index contributed by atoms with van der Waals surface area (Å²) >= 11 is 10.3. The molecule has 9 N–H and O–H groups in total. The number of halogens is 1. The van der Waals surface area contributed by atoms with E-state index in [1.54, 1.807) is 51.4 Å². The molecule has 4 aliphatic rings. The average Bonchev–Trinajstić information content (AvgIpc) is 1.07. The molecule has 0 aliphatic carbocycles. The molecule has 3 unspecified atom stereocenters. The summed E-state index contributed by atoms with van der Waals surface area (Å²) in [5.74, 6) is -3.72. The fourth-order valence-electron chi connectivity index (χ4n) is 17.6. The minimum Gasteiger partial charge on any atom is -0.458 e. The second-order valence-corrected chi connectivity index (χ2v) is 74.8. The van der Waals surface area contributed by atoms with E-state index in [1.807, 2.05) is 124 Å². The third-order valence-electron chi connectivity index (χ3n) is 24.3. The van der Waals surface area contributed by atoms with E-state index >= 15 is 0 Å². The van der Waals surface area contributed by atoms with Crippen LogP contribution >= 0.6 is 61.3 Å². The van der Waals surface area contributed by atoms with Gasteiger partial charge in [-0.1, -0.05) is 127 Å². The number of aliphatic hydroxyl groups is 9. The number of cyclic esters (lactones) is 1. The molecule has 16 rings (SSSR count). The van der Waals surface area contributed by atoms with E-state index in [2.05, 4.69) is 225 Å². The van der Waals surface area contributed by atoms with Gasteiger partial charge in [0.1, 0.15) is 85.5 Å². The van der Waals surface area contributed by atoms with Crippen molar-refractivity contribution in [2.45, 2.75) is 313 Å².